The van der Waals surface area contributed by atoms with Crippen LogP contribution >= 0.6 is 24.0 Å². The fourth-order valence-electron chi connectivity index (χ4n) is 3.94. The Bertz CT molecular complexity index is 513. The van der Waals surface area contributed by atoms with Gasteiger partial charge >= 0.3 is 0 Å². The zero-order valence-corrected chi connectivity index (χ0v) is 16.7. The van der Waals surface area contributed by atoms with Crippen molar-refractivity contribution in [2.75, 3.05) is 20.7 Å². The quantitative estimate of drug-likeness (QED) is 0.428. The van der Waals surface area contributed by atoms with E-state index in [1.807, 2.05) is 19.3 Å². The third-order valence-corrected chi connectivity index (χ3v) is 5.38. The summed E-state index contributed by atoms with van der Waals surface area (Å²) in [7, 11) is 3.95. The largest absolute Gasteiger partial charge is 0.378 e. The predicted molar refractivity (Wildman–Crippen MR) is 104 cm³/mol. The van der Waals surface area contributed by atoms with Crippen LogP contribution in [0.5, 0.6) is 0 Å². The summed E-state index contributed by atoms with van der Waals surface area (Å²) in [6.07, 6.45) is 7.40. The number of halogens is 1. The molecule has 1 spiro atoms. The minimum absolute atomic E-state index is 0. The first kappa shape index (κ1) is 18.6. The average molecular weight is 432 g/mol. The van der Waals surface area contributed by atoms with Crippen LogP contribution in [0.1, 0.15) is 38.3 Å². The molecule has 2 saturated carbocycles. The van der Waals surface area contributed by atoms with Gasteiger partial charge in [0.15, 0.2) is 5.96 Å². The average Bonchev–Trinajstić information content (AvgIpc) is 2.93. The van der Waals surface area contributed by atoms with E-state index in [0.29, 0.717) is 17.6 Å². The van der Waals surface area contributed by atoms with Gasteiger partial charge in [0.1, 0.15) is 0 Å². The SMILES string of the molecule is CCOC1CC(NC(=NC)N(C)Cc2ccc[nH]2)C12CCC2.I. The van der Waals surface area contributed by atoms with Crippen molar-refractivity contribution in [2.24, 2.45) is 10.4 Å². The maximum atomic E-state index is 5.93. The molecule has 2 N–H and O–H groups in total. The first-order valence-corrected chi connectivity index (χ1v) is 8.38. The molecule has 2 aliphatic carbocycles. The molecule has 23 heavy (non-hydrogen) atoms. The number of hydrogen-bond acceptors (Lipinski definition) is 2. The maximum Gasteiger partial charge on any atom is 0.193 e. The molecule has 1 aromatic rings. The Kier molecular flexibility index (Phi) is 6.36. The van der Waals surface area contributed by atoms with E-state index in [4.69, 9.17) is 4.74 Å². The van der Waals surface area contributed by atoms with Gasteiger partial charge in [-0.2, -0.15) is 0 Å². The summed E-state index contributed by atoms with van der Waals surface area (Å²) < 4.78 is 5.93. The maximum absolute atomic E-state index is 5.93. The van der Waals surface area contributed by atoms with Crippen LogP contribution in [0.3, 0.4) is 0 Å². The molecular weight excluding hydrogens is 403 g/mol. The first-order valence-electron chi connectivity index (χ1n) is 8.38. The second-order valence-corrected chi connectivity index (χ2v) is 6.56. The Morgan fingerprint density at radius 2 is 2.30 bits per heavy atom. The minimum Gasteiger partial charge on any atom is -0.378 e. The van der Waals surface area contributed by atoms with Crippen LogP contribution in [0.15, 0.2) is 23.3 Å². The lowest BCUT2D eigenvalue weighted by Gasteiger charge is -2.61. The van der Waals surface area contributed by atoms with Crippen molar-refractivity contribution in [1.82, 2.24) is 15.2 Å². The van der Waals surface area contributed by atoms with Gasteiger partial charge in [0.05, 0.1) is 12.6 Å². The van der Waals surface area contributed by atoms with Gasteiger partial charge in [-0.15, -0.1) is 24.0 Å². The Morgan fingerprint density at radius 3 is 2.83 bits per heavy atom. The van der Waals surface area contributed by atoms with Gasteiger partial charge < -0.3 is 19.9 Å². The van der Waals surface area contributed by atoms with Crippen LogP contribution in [0.25, 0.3) is 0 Å². The zero-order valence-electron chi connectivity index (χ0n) is 14.3. The number of hydrogen-bond donors (Lipinski definition) is 2. The number of aromatic nitrogens is 1. The van der Waals surface area contributed by atoms with Gasteiger partial charge in [-0.05, 0) is 38.3 Å². The molecule has 0 saturated heterocycles. The second-order valence-electron chi connectivity index (χ2n) is 6.56. The fraction of sp³-hybridized carbons (Fsp3) is 0.706. The molecule has 2 unspecified atom stereocenters. The Balaban J connectivity index is 0.00000192. The molecule has 5 nitrogen and oxygen atoms in total. The molecule has 0 bridgehead atoms. The Morgan fingerprint density at radius 1 is 1.52 bits per heavy atom. The van der Waals surface area contributed by atoms with Crippen molar-refractivity contribution in [3.05, 3.63) is 24.0 Å². The molecule has 3 rings (SSSR count). The first-order chi connectivity index (χ1) is 10.7. The number of H-pyrrole nitrogens is 1. The lowest BCUT2D eigenvalue weighted by atomic mass is 9.51. The van der Waals surface area contributed by atoms with E-state index in [0.717, 1.165) is 25.5 Å². The van der Waals surface area contributed by atoms with E-state index in [9.17, 15) is 0 Å². The molecule has 0 radical (unpaired) electrons. The summed E-state index contributed by atoms with van der Waals surface area (Å²) in [5.74, 6) is 0.973. The van der Waals surface area contributed by atoms with Crippen LogP contribution in [-0.2, 0) is 11.3 Å². The normalized spacial score (nSPS) is 25.3. The summed E-state index contributed by atoms with van der Waals surface area (Å²) in [5, 5.41) is 3.68. The van der Waals surface area contributed by atoms with E-state index in [1.165, 1.54) is 25.0 Å². The second kappa shape index (κ2) is 7.88. The van der Waals surface area contributed by atoms with E-state index in [1.54, 1.807) is 0 Å². The Hall–Kier alpha value is -0.760. The summed E-state index contributed by atoms with van der Waals surface area (Å²) in [4.78, 5) is 9.88. The number of aromatic amines is 1. The van der Waals surface area contributed by atoms with Gasteiger partial charge in [0.25, 0.3) is 0 Å². The highest BCUT2D eigenvalue weighted by atomic mass is 127. The lowest BCUT2D eigenvalue weighted by molar-refractivity contribution is -0.168. The van der Waals surface area contributed by atoms with E-state index in [-0.39, 0.29) is 24.0 Å². The predicted octanol–water partition coefficient (Wildman–Crippen LogP) is 2.99. The summed E-state index contributed by atoms with van der Waals surface area (Å²) in [5.41, 5.74) is 1.56. The van der Waals surface area contributed by atoms with Gasteiger partial charge in [-0.25, -0.2) is 0 Å². The number of rotatable bonds is 5. The molecule has 0 amide bonds. The topological polar surface area (TPSA) is 52.6 Å². The fourth-order valence-corrected chi connectivity index (χ4v) is 3.94. The van der Waals surface area contributed by atoms with Gasteiger partial charge in [0, 0.05) is 44.0 Å². The minimum atomic E-state index is 0. The van der Waals surface area contributed by atoms with Gasteiger partial charge in [-0.1, -0.05) is 6.42 Å². The third kappa shape index (κ3) is 3.52. The van der Waals surface area contributed by atoms with Crippen molar-refractivity contribution in [2.45, 2.75) is 51.3 Å². The van der Waals surface area contributed by atoms with Crippen molar-refractivity contribution in [3.63, 3.8) is 0 Å². The molecular formula is C17H29IN4O. The molecule has 1 heterocycles. The van der Waals surface area contributed by atoms with Crippen molar-refractivity contribution < 1.29 is 4.74 Å². The van der Waals surface area contributed by atoms with E-state index in [2.05, 4.69) is 40.2 Å². The van der Waals surface area contributed by atoms with Crippen molar-refractivity contribution in [3.8, 4) is 0 Å². The van der Waals surface area contributed by atoms with Crippen molar-refractivity contribution in [1.29, 1.82) is 0 Å². The molecule has 0 aromatic carbocycles. The zero-order chi connectivity index (χ0) is 15.6. The summed E-state index contributed by atoms with van der Waals surface area (Å²) >= 11 is 0. The van der Waals surface area contributed by atoms with Crippen LogP contribution in [0.4, 0.5) is 0 Å². The number of nitrogens with zero attached hydrogens (tertiary/aromatic N) is 2. The smallest absolute Gasteiger partial charge is 0.193 e. The molecule has 2 atom stereocenters. The highest BCUT2D eigenvalue weighted by molar-refractivity contribution is 14.0. The van der Waals surface area contributed by atoms with Crippen molar-refractivity contribution >= 4 is 29.9 Å². The third-order valence-electron chi connectivity index (χ3n) is 5.38. The number of aliphatic imine (C=N–C) groups is 1. The monoisotopic (exact) mass is 432 g/mol. The van der Waals surface area contributed by atoms with Gasteiger partial charge in [-0.3, -0.25) is 4.99 Å². The van der Waals surface area contributed by atoms with Gasteiger partial charge in [0.2, 0.25) is 0 Å². The highest BCUT2D eigenvalue weighted by Gasteiger charge is 2.59. The van der Waals surface area contributed by atoms with Crippen LogP contribution in [0, 0.1) is 5.41 Å². The van der Waals surface area contributed by atoms with Crippen LogP contribution < -0.4 is 5.32 Å². The molecule has 6 heteroatoms. The number of nitrogens with one attached hydrogen (secondary N) is 2. The molecule has 2 aliphatic rings. The van der Waals surface area contributed by atoms with E-state index >= 15 is 0 Å². The summed E-state index contributed by atoms with van der Waals surface area (Å²) in [6.45, 7) is 3.75. The highest BCUT2D eigenvalue weighted by Crippen LogP contribution is 2.57. The lowest BCUT2D eigenvalue weighted by Crippen LogP contribution is -2.68. The standard InChI is InChI=1S/C17H28N4O.HI/c1-4-22-15-11-14(17(15)8-6-9-17)20-16(18-2)21(3)12-13-7-5-10-19-13;/h5,7,10,14-15,19H,4,6,8-9,11-12H2,1-3H3,(H,18,20);1H. The molecule has 130 valence electrons. The number of guanidine groups is 1. The number of ether oxygens (including phenoxy) is 1. The van der Waals surface area contributed by atoms with E-state index < -0.39 is 0 Å². The van der Waals surface area contributed by atoms with Crippen LogP contribution in [-0.4, -0.2) is 48.7 Å². The van der Waals surface area contributed by atoms with Crippen LogP contribution in [0.2, 0.25) is 0 Å². The molecule has 1 aromatic heterocycles. The molecule has 0 aliphatic heterocycles. The Labute approximate surface area is 156 Å². The summed E-state index contributed by atoms with van der Waals surface area (Å²) in [6, 6.07) is 4.63. The molecule has 2 fully saturated rings.